The summed E-state index contributed by atoms with van der Waals surface area (Å²) >= 11 is 5.80. The van der Waals surface area contributed by atoms with E-state index >= 15 is 0 Å². The third kappa shape index (κ3) is 2.78. The Morgan fingerprint density at radius 2 is 2.00 bits per heavy atom. The van der Waals surface area contributed by atoms with Crippen LogP contribution in [0.25, 0.3) is 0 Å². The largest absolute Gasteiger partial charge is 0.330 e. The number of nitrogens with one attached hydrogen (secondary N) is 1. The van der Waals surface area contributed by atoms with E-state index in [1.165, 1.54) is 0 Å². The Morgan fingerprint density at radius 1 is 1.29 bits per heavy atom. The lowest BCUT2D eigenvalue weighted by Crippen LogP contribution is -2.21. The maximum atomic E-state index is 11.9. The molecule has 2 aromatic rings. The average Bonchev–Trinajstić information content (AvgIpc) is 2.65. The number of hydrogen-bond acceptors (Lipinski definition) is 2. The number of nitrogens with two attached hydrogens (primary N) is 1. The first-order valence-electron chi connectivity index (χ1n) is 5.42. The molecule has 0 radical (unpaired) electrons. The smallest absolute Gasteiger partial charge is 0.269 e. The molecule has 90 valence electrons. The summed E-state index contributed by atoms with van der Waals surface area (Å²) < 4.78 is 1.56. The topological polar surface area (TPSA) is 63.8 Å². The number of hydrogen-bond donors (Lipinski definition) is 2. The number of aromatic nitrogens is 2. The van der Waals surface area contributed by atoms with Crippen molar-refractivity contribution in [1.82, 2.24) is 9.78 Å². The molecule has 4 nitrogen and oxygen atoms in total. The summed E-state index contributed by atoms with van der Waals surface area (Å²) in [6.07, 6.45) is 2.31. The Morgan fingerprint density at radius 3 is 2.65 bits per heavy atom. The van der Waals surface area contributed by atoms with Crippen LogP contribution < -0.4 is 11.3 Å². The van der Waals surface area contributed by atoms with Crippen molar-refractivity contribution in [2.75, 3.05) is 6.54 Å². The molecule has 0 saturated heterocycles. The Labute approximate surface area is 104 Å². The first-order valence-corrected chi connectivity index (χ1v) is 5.80. The predicted molar refractivity (Wildman–Crippen MR) is 68.4 cm³/mol. The van der Waals surface area contributed by atoms with Crippen LogP contribution in [-0.2, 0) is 13.0 Å². The van der Waals surface area contributed by atoms with Gasteiger partial charge >= 0.3 is 0 Å². The zero-order valence-electron chi connectivity index (χ0n) is 9.32. The van der Waals surface area contributed by atoms with E-state index in [-0.39, 0.29) is 5.56 Å². The second-order valence-electron chi connectivity index (χ2n) is 3.86. The van der Waals surface area contributed by atoms with Crippen LogP contribution in [0.5, 0.6) is 0 Å². The monoisotopic (exact) mass is 251 g/mol. The Bertz CT molecular complexity index is 542. The van der Waals surface area contributed by atoms with Gasteiger partial charge in [0, 0.05) is 16.8 Å². The minimum absolute atomic E-state index is 0.00889. The van der Waals surface area contributed by atoms with Gasteiger partial charge in [-0.2, -0.15) is 0 Å². The van der Waals surface area contributed by atoms with Crippen LogP contribution in [0.4, 0.5) is 0 Å². The van der Waals surface area contributed by atoms with Crippen LogP contribution >= 0.6 is 11.6 Å². The van der Waals surface area contributed by atoms with Crippen molar-refractivity contribution in [3.05, 3.63) is 57.0 Å². The second-order valence-corrected chi connectivity index (χ2v) is 4.29. The molecule has 0 aliphatic heterocycles. The molecule has 0 amide bonds. The highest BCUT2D eigenvalue weighted by molar-refractivity contribution is 6.30. The standard InChI is InChI=1S/C12H14ClN3O/c13-11-3-1-9(2-4-11)8-16-12(17)10(5-6-14)7-15-16/h1-4,7,15H,5-6,8,14H2. The number of nitrogens with zero attached hydrogens (tertiary/aromatic N) is 1. The summed E-state index contributed by atoms with van der Waals surface area (Å²) in [4.78, 5) is 11.9. The SMILES string of the molecule is NCCc1c[nH]n(Cc2ccc(Cl)cc2)c1=O. The van der Waals surface area contributed by atoms with Gasteiger partial charge in [0.25, 0.3) is 5.56 Å². The first-order chi connectivity index (χ1) is 8.20. The van der Waals surface area contributed by atoms with Crippen LogP contribution in [0.3, 0.4) is 0 Å². The van der Waals surface area contributed by atoms with Gasteiger partial charge in [0.2, 0.25) is 0 Å². The molecule has 0 unspecified atom stereocenters. The summed E-state index contributed by atoms with van der Waals surface area (Å²) in [5.74, 6) is 0. The molecule has 1 aromatic heterocycles. The summed E-state index contributed by atoms with van der Waals surface area (Å²) in [5.41, 5.74) is 7.17. The number of aromatic amines is 1. The maximum absolute atomic E-state index is 11.9. The lowest BCUT2D eigenvalue weighted by atomic mass is 10.2. The van der Waals surface area contributed by atoms with Gasteiger partial charge in [-0.1, -0.05) is 23.7 Å². The fourth-order valence-electron chi connectivity index (χ4n) is 1.67. The summed E-state index contributed by atoms with van der Waals surface area (Å²) in [6.45, 7) is 0.995. The molecule has 1 heterocycles. The molecular formula is C12H14ClN3O. The number of rotatable bonds is 4. The van der Waals surface area contributed by atoms with E-state index < -0.39 is 0 Å². The number of halogens is 1. The van der Waals surface area contributed by atoms with Crippen LogP contribution in [0.15, 0.2) is 35.3 Å². The minimum atomic E-state index is -0.00889. The van der Waals surface area contributed by atoms with E-state index in [1.807, 2.05) is 24.3 Å². The summed E-state index contributed by atoms with van der Waals surface area (Å²) in [6, 6.07) is 7.42. The average molecular weight is 252 g/mol. The van der Waals surface area contributed by atoms with Crippen molar-refractivity contribution in [1.29, 1.82) is 0 Å². The molecular weight excluding hydrogens is 238 g/mol. The van der Waals surface area contributed by atoms with Gasteiger partial charge in [0.15, 0.2) is 0 Å². The normalized spacial score (nSPS) is 10.7. The van der Waals surface area contributed by atoms with E-state index in [0.717, 1.165) is 11.1 Å². The summed E-state index contributed by atoms with van der Waals surface area (Å²) in [7, 11) is 0. The van der Waals surface area contributed by atoms with Crippen molar-refractivity contribution < 1.29 is 0 Å². The van der Waals surface area contributed by atoms with Crippen molar-refractivity contribution in [2.45, 2.75) is 13.0 Å². The molecule has 2 rings (SSSR count). The molecule has 1 aromatic carbocycles. The molecule has 0 spiro atoms. The van der Waals surface area contributed by atoms with Gasteiger partial charge in [0.05, 0.1) is 6.54 Å². The Balaban J connectivity index is 2.19. The highest BCUT2D eigenvalue weighted by atomic mass is 35.5. The maximum Gasteiger partial charge on any atom is 0.269 e. The molecule has 5 heteroatoms. The fraction of sp³-hybridized carbons (Fsp3) is 0.250. The molecule has 3 N–H and O–H groups in total. The number of H-pyrrole nitrogens is 1. The van der Waals surface area contributed by atoms with Crippen LogP contribution in [0.1, 0.15) is 11.1 Å². The lowest BCUT2D eigenvalue weighted by Gasteiger charge is -2.01. The van der Waals surface area contributed by atoms with E-state index in [0.29, 0.717) is 24.5 Å². The predicted octanol–water partition coefficient (Wildman–Crippen LogP) is 1.38. The van der Waals surface area contributed by atoms with E-state index in [4.69, 9.17) is 17.3 Å². The quantitative estimate of drug-likeness (QED) is 0.862. The Hall–Kier alpha value is -1.52. The van der Waals surface area contributed by atoms with Gasteiger partial charge in [-0.15, -0.1) is 0 Å². The van der Waals surface area contributed by atoms with Gasteiger partial charge in [-0.3, -0.25) is 4.79 Å². The van der Waals surface area contributed by atoms with Gasteiger partial charge in [-0.25, -0.2) is 4.68 Å². The molecule has 0 bridgehead atoms. The van der Waals surface area contributed by atoms with E-state index in [2.05, 4.69) is 5.10 Å². The highest BCUT2D eigenvalue weighted by Crippen LogP contribution is 2.09. The van der Waals surface area contributed by atoms with Gasteiger partial charge in [-0.05, 0) is 30.7 Å². The minimum Gasteiger partial charge on any atom is -0.330 e. The van der Waals surface area contributed by atoms with Crippen LogP contribution in [-0.4, -0.2) is 16.3 Å². The van der Waals surface area contributed by atoms with Gasteiger partial charge in [0.1, 0.15) is 0 Å². The molecule has 17 heavy (non-hydrogen) atoms. The van der Waals surface area contributed by atoms with Crippen molar-refractivity contribution in [3.63, 3.8) is 0 Å². The van der Waals surface area contributed by atoms with Crippen molar-refractivity contribution >= 4 is 11.6 Å². The molecule has 0 saturated carbocycles. The highest BCUT2D eigenvalue weighted by Gasteiger charge is 2.05. The zero-order valence-corrected chi connectivity index (χ0v) is 10.1. The van der Waals surface area contributed by atoms with Crippen LogP contribution in [0, 0.1) is 0 Å². The Kier molecular flexibility index (Phi) is 3.66. The van der Waals surface area contributed by atoms with Crippen molar-refractivity contribution in [2.24, 2.45) is 5.73 Å². The second kappa shape index (κ2) is 5.21. The van der Waals surface area contributed by atoms with E-state index in [1.54, 1.807) is 10.9 Å². The molecule has 0 aliphatic rings. The van der Waals surface area contributed by atoms with Crippen LogP contribution in [0.2, 0.25) is 5.02 Å². The van der Waals surface area contributed by atoms with Gasteiger partial charge < -0.3 is 10.8 Å². The zero-order chi connectivity index (χ0) is 12.3. The fourth-order valence-corrected chi connectivity index (χ4v) is 1.80. The first kappa shape index (κ1) is 12.0. The molecule has 0 atom stereocenters. The summed E-state index contributed by atoms with van der Waals surface area (Å²) in [5, 5.41) is 3.63. The van der Waals surface area contributed by atoms with E-state index in [9.17, 15) is 4.79 Å². The molecule has 0 fully saturated rings. The third-order valence-corrected chi connectivity index (χ3v) is 2.83. The number of benzene rings is 1. The third-order valence-electron chi connectivity index (χ3n) is 2.58. The van der Waals surface area contributed by atoms with Crippen molar-refractivity contribution in [3.8, 4) is 0 Å². The molecule has 0 aliphatic carbocycles. The lowest BCUT2D eigenvalue weighted by molar-refractivity contribution is 0.662.